The fraction of sp³-hybridized carbons (Fsp3) is 0.588. The minimum absolute atomic E-state index is 0.00679. The zero-order valence-electron chi connectivity index (χ0n) is 14.0. The van der Waals surface area contributed by atoms with Crippen molar-refractivity contribution < 1.29 is 4.79 Å². The number of aryl methyl sites for hydroxylation is 2. The van der Waals surface area contributed by atoms with Crippen molar-refractivity contribution in [1.29, 1.82) is 0 Å². The van der Waals surface area contributed by atoms with Crippen LogP contribution in [0.5, 0.6) is 0 Å². The van der Waals surface area contributed by atoms with Crippen LogP contribution in [-0.4, -0.2) is 30.3 Å². The minimum atomic E-state index is -0.253. The molecule has 0 aliphatic heterocycles. The first-order chi connectivity index (χ1) is 10.4. The third-order valence-electron chi connectivity index (χ3n) is 3.97. The molecule has 0 bridgehead atoms. The number of hydrogen-bond acceptors (Lipinski definition) is 4. The van der Waals surface area contributed by atoms with Crippen LogP contribution in [0, 0.1) is 19.8 Å². The second-order valence-corrected chi connectivity index (χ2v) is 6.39. The Labute approximate surface area is 139 Å². The highest BCUT2D eigenvalue weighted by Gasteiger charge is 2.24. The zero-order chi connectivity index (χ0) is 16.7. The molecule has 2 unspecified atom stereocenters. The molecule has 1 amide bonds. The van der Waals surface area contributed by atoms with Crippen LogP contribution in [0.25, 0.3) is 0 Å². The van der Waals surface area contributed by atoms with E-state index in [2.05, 4.69) is 43.2 Å². The standard InChI is InChI=1S/C17H29N3OS/c1-5-12(3)16(19-9-14(18)10-22)17(21)20-15-7-6-11(2)8-13(15)4/h6-8,12,14,16,19,22H,5,9-10,18H2,1-4H3,(H,20,21)/t12?,14?,16-/m0/s1. The molecule has 0 fully saturated rings. The molecule has 5 heteroatoms. The number of anilines is 1. The van der Waals surface area contributed by atoms with E-state index in [1.165, 1.54) is 5.56 Å². The van der Waals surface area contributed by atoms with Crippen molar-refractivity contribution in [2.75, 3.05) is 17.6 Å². The second-order valence-electron chi connectivity index (χ2n) is 6.02. The van der Waals surface area contributed by atoms with Crippen molar-refractivity contribution in [2.24, 2.45) is 11.7 Å². The predicted octanol–water partition coefficient (Wildman–Crippen LogP) is 2.50. The van der Waals surface area contributed by atoms with Crippen molar-refractivity contribution in [2.45, 2.75) is 46.2 Å². The molecule has 0 aromatic heterocycles. The van der Waals surface area contributed by atoms with Crippen molar-refractivity contribution in [3.8, 4) is 0 Å². The highest BCUT2D eigenvalue weighted by atomic mass is 32.1. The molecule has 0 saturated carbocycles. The Bertz CT molecular complexity index is 493. The summed E-state index contributed by atoms with van der Waals surface area (Å²) in [6, 6.07) is 5.72. The molecular formula is C17H29N3OS. The Morgan fingerprint density at radius 3 is 2.59 bits per heavy atom. The van der Waals surface area contributed by atoms with Gasteiger partial charge in [0.05, 0.1) is 6.04 Å². The Kier molecular flexibility index (Phi) is 7.93. The number of nitrogens with two attached hydrogens (primary N) is 1. The highest BCUT2D eigenvalue weighted by molar-refractivity contribution is 7.80. The van der Waals surface area contributed by atoms with E-state index < -0.39 is 0 Å². The van der Waals surface area contributed by atoms with E-state index in [0.29, 0.717) is 12.3 Å². The first-order valence-electron chi connectivity index (χ1n) is 7.87. The summed E-state index contributed by atoms with van der Waals surface area (Å²) in [5.41, 5.74) is 9.01. The quantitative estimate of drug-likeness (QED) is 0.556. The van der Waals surface area contributed by atoms with Crippen molar-refractivity contribution in [3.05, 3.63) is 29.3 Å². The van der Waals surface area contributed by atoms with Crippen LogP contribution in [0.2, 0.25) is 0 Å². The second kappa shape index (κ2) is 9.18. The maximum Gasteiger partial charge on any atom is 0.241 e. The van der Waals surface area contributed by atoms with Gasteiger partial charge >= 0.3 is 0 Å². The summed E-state index contributed by atoms with van der Waals surface area (Å²) in [5, 5.41) is 6.32. The van der Waals surface area contributed by atoms with Gasteiger partial charge < -0.3 is 16.4 Å². The van der Waals surface area contributed by atoms with Crippen LogP contribution in [0.3, 0.4) is 0 Å². The normalized spacial score (nSPS) is 15.2. The number of benzene rings is 1. The molecular weight excluding hydrogens is 294 g/mol. The molecule has 3 atom stereocenters. The van der Waals surface area contributed by atoms with E-state index >= 15 is 0 Å². The number of rotatable bonds is 8. The molecule has 22 heavy (non-hydrogen) atoms. The van der Waals surface area contributed by atoms with E-state index in [0.717, 1.165) is 17.7 Å². The van der Waals surface area contributed by atoms with Crippen molar-refractivity contribution in [1.82, 2.24) is 5.32 Å². The van der Waals surface area contributed by atoms with Gasteiger partial charge in [-0.3, -0.25) is 4.79 Å². The van der Waals surface area contributed by atoms with Crippen LogP contribution < -0.4 is 16.4 Å². The molecule has 0 spiro atoms. The monoisotopic (exact) mass is 323 g/mol. The molecule has 124 valence electrons. The molecule has 0 heterocycles. The average Bonchev–Trinajstić information content (AvgIpc) is 2.49. The van der Waals surface area contributed by atoms with Gasteiger partial charge in [-0.15, -0.1) is 0 Å². The van der Waals surface area contributed by atoms with Crippen molar-refractivity contribution in [3.63, 3.8) is 0 Å². The third-order valence-corrected chi connectivity index (χ3v) is 4.44. The maximum absolute atomic E-state index is 12.6. The molecule has 4 nitrogen and oxygen atoms in total. The summed E-state index contributed by atoms with van der Waals surface area (Å²) in [5.74, 6) is 0.823. The molecule has 0 aliphatic rings. The molecule has 0 radical (unpaired) electrons. The molecule has 4 N–H and O–H groups in total. The number of nitrogens with one attached hydrogen (secondary N) is 2. The first kappa shape index (κ1) is 19.0. The fourth-order valence-corrected chi connectivity index (χ4v) is 2.42. The van der Waals surface area contributed by atoms with Crippen LogP contribution in [-0.2, 0) is 4.79 Å². The Morgan fingerprint density at radius 1 is 1.36 bits per heavy atom. The first-order valence-corrected chi connectivity index (χ1v) is 8.50. The number of thiol groups is 1. The van der Waals surface area contributed by atoms with Crippen molar-refractivity contribution >= 4 is 24.2 Å². The summed E-state index contributed by atoms with van der Waals surface area (Å²) >= 11 is 4.18. The molecule has 0 saturated heterocycles. The van der Waals surface area contributed by atoms with E-state index in [-0.39, 0.29) is 23.9 Å². The zero-order valence-corrected chi connectivity index (χ0v) is 14.9. The van der Waals surface area contributed by atoms with Gasteiger partial charge in [0.25, 0.3) is 0 Å². The number of hydrogen-bond donors (Lipinski definition) is 4. The van der Waals surface area contributed by atoms with Gasteiger partial charge in [0.1, 0.15) is 0 Å². The van der Waals surface area contributed by atoms with Gasteiger partial charge in [0.15, 0.2) is 0 Å². The van der Waals surface area contributed by atoms with Gasteiger partial charge in [-0.1, -0.05) is 38.0 Å². The predicted molar refractivity (Wildman–Crippen MR) is 97.6 cm³/mol. The van der Waals surface area contributed by atoms with E-state index in [4.69, 9.17) is 5.73 Å². The van der Waals surface area contributed by atoms with Gasteiger partial charge in [0, 0.05) is 24.0 Å². The Hall–Kier alpha value is -1.04. The SMILES string of the molecule is CCC(C)[C@H](NCC(N)CS)C(=O)Nc1ccc(C)cc1C. The van der Waals surface area contributed by atoms with E-state index in [9.17, 15) is 4.79 Å². The van der Waals surface area contributed by atoms with Crippen LogP contribution in [0.4, 0.5) is 5.69 Å². The summed E-state index contributed by atoms with van der Waals surface area (Å²) in [4.78, 5) is 12.6. The minimum Gasteiger partial charge on any atom is -0.326 e. The fourth-order valence-electron chi connectivity index (χ4n) is 2.30. The molecule has 1 aromatic rings. The lowest BCUT2D eigenvalue weighted by molar-refractivity contribution is -0.119. The van der Waals surface area contributed by atoms with Gasteiger partial charge in [0.2, 0.25) is 5.91 Å². The van der Waals surface area contributed by atoms with Crippen LogP contribution >= 0.6 is 12.6 Å². The highest BCUT2D eigenvalue weighted by Crippen LogP contribution is 2.18. The van der Waals surface area contributed by atoms with E-state index in [1.807, 2.05) is 26.0 Å². The smallest absolute Gasteiger partial charge is 0.241 e. The van der Waals surface area contributed by atoms with Gasteiger partial charge in [-0.05, 0) is 31.4 Å². The largest absolute Gasteiger partial charge is 0.326 e. The summed E-state index contributed by atoms with van der Waals surface area (Å²) < 4.78 is 0. The number of amides is 1. The molecule has 0 aliphatic carbocycles. The summed E-state index contributed by atoms with van der Waals surface area (Å²) in [7, 11) is 0. The van der Waals surface area contributed by atoms with Crippen LogP contribution in [0.1, 0.15) is 31.4 Å². The number of carbonyl (C=O) groups is 1. The third kappa shape index (κ3) is 5.63. The average molecular weight is 324 g/mol. The topological polar surface area (TPSA) is 67.1 Å². The Balaban J connectivity index is 2.78. The maximum atomic E-state index is 12.6. The van der Waals surface area contributed by atoms with Crippen LogP contribution in [0.15, 0.2) is 18.2 Å². The van der Waals surface area contributed by atoms with E-state index in [1.54, 1.807) is 0 Å². The lowest BCUT2D eigenvalue weighted by Gasteiger charge is -2.25. The lowest BCUT2D eigenvalue weighted by Crippen LogP contribution is -2.49. The molecule has 1 aromatic carbocycles. The Morgan fingerprint density at radius 2 is 2.05 bits per heavy atom. The van der Waals surface area contributed by atoms with Gasteiger partial charge in [-0.2, -0.15) is 12.6 Å². The van der Waals surface area contributed by atoms with Gasteiger partial charge in [-0.25, -0.2) is 0 Å². The lowest BCUT2D eigenvalue weighted by atomic mass is 9.97. The molecule has 1 rings (SSSR count). The number of carbonyl (C=O) groups excluding carboxylic acids is 1. The summed E-state index contributed by atoms with van der Waals surface area (Å²) in [6.07, 6.45) is 0.925. The summed E-state index contributed by atoms with van der Waals surface area (Å²) in [6.45, 7) is 8.79.